The fraction of sp³-hybridized carbons (Fsp3) is 0.294. The topological polar surface area (TPSA) is 83.8 Å². The van der Waals surface area contributed by atoms with Crippen LogP contribution >= 0.6 is 0 Å². The van der Waals surface area contributed by atoms with E-state index in [0.29, 0.717) is 36.7 Å². The lowest BCUT2D eigenvalue weighted by Gasteiger charge is -2.47. The van der Waals surface area contributed by atoms with Gasteiger partial charge in [0.25, 0.3) is 0 Å². The predicted octanol–water partition coefficient (Wildman–Crippen LogP) is 6.63. The Bertz CT molecular complexity index is 1510. The van der Waals surface area contributed by atoms with E-state index in [1.54, 1.807) is 24.3 Å². The van der Waals surface area contributed by atoms with Crippen LogP contribution in [0.5, 0.6) is 5.75 Å². The van der Waals surface area contributed by atoms with E-state index in [2.05, 4.69) is 25.1 Å². The van der Waals surface area contributed by atoms with Gasteiger partial charge in [-0.1, -0.05) is 85.3 Å². The van der Waals surface area contributed by atoms with E-state index >= 15 is 0 Å². The van der Waals surface area contributed by atoms with Gasteiger partial charge in [0.15, 0.2) is 11.6 Å². The van der Waals surface area contributed by atoms with E-state index in [4.69, 9.17) is 4.65 Å². The summed E-state index contributed by atoms with van der Waals surface area (Å²) < 4.78 is 6.19. The first kappa shape index (κ1) is 26.5. The molecule has 6 rings (SSSR count). The zero-order chi connectivity index (χ0) is 27.8. The highest BCUT2D eigenvalue weighted by atomic mass is 16.5. The normalized spacial score (nSPS) is 24.4. The minimum absolute atomic E-state index is 0.0134. The molecule has 5 nitrogen and oxygen atoms in total. The minimum Gasteiger partial charge on any atom is -0.508 e. The predicted molar refractivity (Wildman–Crippen MR) is 157 cm³/mol. The van der Waals surface area contributed by atoms with Crippen LogP contribution in [-0.4, -0.2) is 34.9 Å². The van der Waals surface area contributed by atoms with Crippen molar-refractivity contribution >= 4 is 30.3 Å². The molecule has 202 valence electrons. The highest BCUT2D eigenvalue weighted by Gasteiger charge is 2.53. The molecule has 2 N–H and O–H groups in total. The SMILES string of the molecule is CCC1=C2[C@@H](CC/C(=C/c3cccc(O)c3)c3ccccc3)OB(O)C[C@@H]2[C@@H]2C(=O)c3ccccc3C(=O)[C@@H]2C1. The molecule has 0 unspecified atom stereocenters. The molecule has 1 fully saturated rings. The number of carbonyl (C=O) groups excluding carboxylic acids is 2. The van der Waals surface area contributed by atoms with Crippen LogP contribution in [0.1, 0.15) is 64.4 Å². The van der Waals surface area contributed by atoms with Crippen molar-refractivity contribution in [3.63, 3.8) is 0 Å². The molecule has 4 atom stereocenters. The highest BCUT2D eigenvalue weighted by molar-refractivity contribution is 6.43. The summed E-state index contributed by atoms with van der Waals surface area (Å²) in [4.78, 5) is 27.4. The van der Waals surface area contributed by atoms with Gasteiger partial charge >= 0.3 is 7.12 Å². The molecule has 0 radical (unpaired) electrons. The van der Waals surface area contributed by atoms with Crippen molar-refractivity contribution in [1.82, 2.24) is 0 Å². The molecule has 3 aromatic carbocycles. The third-order valence-corrected chi connectivity index (χ3v) is 8.82. The summed E-state index contributed by atoms with van der Waals surface area (Å²) in [6.07, 6.45) is 4.70. The number of hydrogen-bond acceptors (Lipinski definition) is 5. The third-order valence-electron chi connectivity index (χ3n) is 8.82. The number of fused-ring (bicyclic) bond motifs is 4. The van der Waals surface area contributed by atoms with Crippen LogP contribution in [0.25, 0.3) is 11.6 Å². The van der Waals surface area contributed by atoms with Gasteiger partial charge in [0, 0.05) is 23.0 Å². The molecule has 0 aromatic heterocycles. The van der Waals surface area contributed by atoms with E-state index < -0.39 is 13.0 Å². The van der Waals surface area contributed by atoms with Crippen molar-refractivity contribution in [3.05, 3.63) is 112 Å². The molecule has 3 aromatic rings. The Labute approximate surface area is 235 Å². The van der Waals surface area contributed by atoms with Crippen molar-refractivity contribution in [1.29, 1.82) is 0 Å². The second-order valence-electron chi connectivity index (χ2n) is 11.1. The van der Waals surface area contributed by atoms with Crippen LogP contribution in [0.3, 0.4) is 0 Å². The fourth-order valence-corrected chi connectivity index (χ4v) is 7.06. The Hall–Kier alpha value is -3.74. The fourth-order valence-electron chi connectivity index (χ4n) is 7.06. The Balaban J connectivity index is 1.34. The second kappa shape index (κ2) is 11.0. The lowest BCUT2D eigenvalue weighted by Crippen LogP contribution is -2.50. The molecule has 0 saturated carbocycles. The van der Waals surface area contributed by atoms with E-state index in [1.165, 1.54) is 5.57 Å². The van der Waals surface area contributed by atoms with E-state index in [-0.39, 0.29) is 35.3 Å². The minimum atomic E-state index is -0.995. The van der Waals surface area contributed by atoms with Crippen molar-refractivity contribution in [2.75, 3.05) is 0 Å². The van der Waals surface area contributed by atoms with Gasteiger partial charge in [-0.25, -0.2) is 0 Å². The summed E-state index contributed by atoms with van der Waals surface area (Å²) in [6.45, 7) is 2.10. The maximum Gasteiger partial charge on any atom is 0.455 e. The van der Waals surface area contributed by atoms with E-state index in [0.717, 1.165) is 28.7 Å². The van der Waals surface area contributed by atoms with Crippen molar-refractivity contribution in [2.24, 2.45) is 17.8 Å². The summed E-state index contributed by atoms with van der Waals surface area (Å²) in [5, 5.41) is 20.9. The average molecular weight is 532 g/mol. The second-order valence-corrected chi connectivity index (χ2v) is 11.1. The molecule has 3 aliphatic rings. The van der Waals surface area contributed by atoms with Gasteiger partial charge in [-0.15, -0.1) is 0 Å². The first-order valence-corrected chi connectivity index (χ1v) is 14.2. The Morgan fingerprint density at radius 3 is 2.40 bits per heavy atom. The lowest BCUT2D eigenvalue weighted by atomic mass is 9.54. The molecule has 6 heteroatoms. The van der Waals surface area contributed by atoms with Gasteiger partial charge < -0.3 is 14.8 Å². The Morgan fingerprint density at radius 1 is 0.950 bits per heavy atom. The van der Waals surface area contributed by atoms with E-state index in [9.17, 15) is 19.7 Å². The summed E-state index contributed by atoms with van der Waals surface area (Å²) in [6, 6.07) is 24.5. The molecule has 0 spiro atoms. The Kier molecular flexibility index (Phi) is 7.30. The van der Waals surface area contributed by atoms with Gasteiger partial charge in [-0.05, 0) is 72.3 Å². The number of aromatic hydroxyl groups is 1. The smallest absolute Gasteiger partial charge is 0.455 e. The standard InChI is InChI=1S/C34H33BO5/c1-2-22-19-28-32(34(38)27-14-7-6-13-26(27)33(28)37)29-20-35(39)40-30(31(22)29)16-15-24(23-10-4-3-5-11-23)17-21-9-8-12-25(36)18-21/h3-14,17-18,28-30,32,36,39H,2,15-16,19-20H2,1H3/b24-17-/t28-,29+,30-,32-/m1/s1. The van der Waals surface area contributed by atoms with Gasteiger partial charge in [0.1, 0.15) is 5.75 Å². The number of Topliss-reactive ketones (excluding diaryl/α,β-unsaturated/α-hetero) is 2. The number of hydrogen-bond donors (Lipinski definition) is 2. The van der Waals surface area contributed by atoms with Crippen molar-refractivity contribution in [3.8, 4) is 5.75 Å². The van der Waals surface area contributed by atoms with Crippen LogP contribution in [0.2, 0.25) is 6.32 Å². The van der Waals surface area contributed by atoms with Gasteiger partial charge in [0.05, 0.1) is 6.10 Å². The molecular formula is C34H33BO5. The average Bonchev–Trinajstić information content (AvgIpc) is 2.97. The maximum absolute atomic E-state index is 13.8. The molecule has 0 amide bonds. The molecule has 1 aliphatic heterocycles. The van der Waals surface area contributed by atoms with Gasteiger partial charge in [-0.3, -0.25) is 9.59 Å². The number of phenolic OH excluding ortho intramolecular Hbond substituents is 1. The van der Waals surface area contributed by atoms with Crippen LogP contribution < -0.4 is 0 Å². The zero-order valence-electron chi connectivity index (χ0n) is 22.6. The molecule has 1 saturated heterocycles. The van der Waals surface area contributed by atoms with Crippen LogP contribution in [0.15, 0.2) is 90.0 Å². The summed E-state index contributed by atoms with van der Waals surface area (Å²) in [7, 11) is -0.995. The van der Waals surface area contributed by atoms with Crippen LogP contribution in [-0.2, 0) is 4.65 Å². The quantitative estimate of drug-likeness (QED) is 0.212. The molecular weight excluding hydrogens is 499 g/mol. The van der Waals surface area contributed by atoms with Crippen LogP contribution in [0, 0.1) is 17.8 Å². The first-order valence-electron chi connectivity index (χ1n) is 14.2. The summed E-state index contributed by atoms with van der Waals surface area (Å²) in [5.74, 6) is -0.802. The highest BCUT2D eigenvalue weighted by Crippen LogP contribution is 2.51. The molecule has 2 aliphatic carbocycles. The monoisotopic (exact) mass is 532 g/mol. The first-order chi connectivity index (χ1) is 19.4. The van der Waals surface area contributed by atoms with Crippen LogP contribution in [0.4, 0.5) is 0 Å². The van der Waals surface area contributed by atoms with E-state index in [1.807, 2.05) is 42.5 Å². The lowest BCUT2D eigenvalue weighted by molar-refractivity contribution is 0.0600. The van der Waals surface area contributed by atoms with Crippen molar-refractivity contribution in [2.45, 2.75) is 45.0 Å². The number of carbonyl (C=O) groups is 2. The number of benzene rings is 3. The van der Waals surface area contributed by atoms with Gasteiger partial charge in [-0.2, -0.15) is 0 Å². The molecule has 40 heavy (non-hydrogen) atoms. The Morgan fingerprint density at radius 2 is 1.68 bits per heavy atom. The largest absolute Gasteiger partial charge is 0.508 e. The number of rotatable bonds is 6. The summed E-state index contributed by atoms with van der Waals surface area (Å²) >= 11 is 0. The zero-order valence-corrected chi connectivity index (χ0v) is 22.6. The maximum atomic E-state index is 13.8. The summed E-state index contributed by atoms with van der Waals surface area (Å²) in [5.41, 5.74) is 6.40. The number of phenols is 1. The number of allylic oxidation sites excluding steroid dienone is 2. The molecule has 1 heterocycles. The molecule has 0 bridgehead atoms. The number of ketones is 2. The van der Waals surface area contributed by atoms with Crippen molar-refractivity contribution < 1.29 is 24.4 Å². The van der Waals surface area contributed by atoms with Gasteiger partial charge in [0.2, 0.25) is 0 Å². The third kappa shape index (κ3) is 4.87.